The van der Waals surface area contributed by atoms with E-state index in [0.717, 1.165) is 53.3 Å². The average molecular weight is 502 g/mol. The molecule has 0 spiro atoms. The molecule has 4 aromatic rings. The second-order valence-corrected chi connectivity index (χ2v) is 9.30. The summed E-state index contributed by atoms with van der Waals surface area (Å²) in [7, 11) is 0. The lowest BCUT2D eigenvalue weighted by Crippen LogP contribution is -2.57. The van der Waals surface area contributed by atoms with Gasteiger partial charge in [-0.3, -0.25) is 9.97 Å². The van der Waals surface area contributed by atoms with Gasteiger partial charge in [-0.2, -0.15) is 0 Å². The summed E-state index contributed by atoms with van der Waals surface area (Å²) in [6.45, 7) is 2.87. The van der Waals surface area contributed by atoms with Crippen molar-refractivity contribution in [1.82, 2.24) is 15.3 Å². The van der Waals surface area contributed by atoms with E-state index in [4.69, 9.17) is 9.94 Å². The van der Waals surface area contributed by atoms with E-state index in [-0.39, 0.29) is 12.1 Å². The molecule has 7 nitrogen and oxygen atoms in total. The molecule has 37 heavy (non-hydrogen) atoms. The maximum absolute atomic E-state index is 14.3. The molecule has 0 aliphatic carbocycles. The van der Waals surface area contributed by atoms with Crippen molar-refractivity contribution in [2.75, 3.05) is 31.1 Å². The van der Waals surface area contributed by atoms with Crippen LogP contribution in [0.25, 0.3) is 33.2 Å². The number of morpholine rings is 1. The number of hydrogen-bond donors (Lipinski definition) is 2. The molecular weight excluding hydrogens is 476 g/mol. The van der Waals surface area contributed by atoms with Crippen molar-refractivity contribution >= 4 is 22.8 Å². The van der Waals surface area contributed by atoms with Gasteiger partial charge in [0.15, 0.2) is 0 Å². The van der Waals surface area contributed by atoms with Crippen molar-refractivity contribution in [2.24, 2.45) is 5.16 Å². The number of nitrogens with zero attached hydrogens (tertiary/aromatic N) is 4. The van der Waals surface area contributed by atoms with Gasteiger partial charge in [0.05, 0.1) is 35.8 Å². The van der Waals surface area contributed by atoms with E-state index in [9.17, 15) is 8.78 Å². The standard InChI is InChI=1S/C28H25F2N5O2/c29-19-10-18(11-20(30)13-19)23-14-33-24-4-3-17(21-2-1-6-31-26(21)15-34-36)12-22(24)28(23)35-8-5-25-27(16-35)37-9-7-32-25/h1-4,6,10-15,25,27,32,36H,5,7-9,16H2/t25?,27-/m1/s1. The third kappa shape index (κ3) is 4.52. The first-order valence-electron chi connectivity index (χ1n) is 12.2. The Balaban J connectivity index is 1.55. The number of oxime groups is 1. The van der Waals surface area contributed by atoms with Crippen LogP contribution < -0.4 is 10.2 Å². The average Bonchev–Trinajstić information content (AvgIpc) is 2.92. The normalized spacial score (nSPS) is 19.9. The highest BCUT2D eigenvalue weighted by Crippen LogP contribution is 2.40. The summed E-state index contributed by atoms with van der Waals surface area (Å²) in [6, 6.07) is 13.4. The minimum Gasteiger partial charge on any atom is -0.411 e. The fourth-order valence-electron chi connectivity index (χ4n) is 5.40. The van der Waals surface area contributed by atoms with Crippen LogP contribution in [0, 0.1) is 11.6 Å². The van der Waals surface area contributed by atoms with Crippen molar-refractivity contribution in [3.8, 4) is 22.3 Å². The number of benzene rings is 2. The zero-order valence-corrected chi connectivity index (χ0v) is 19.9. The van der Waals surface area contributed by atoms with Gasteiger partial charge in [0.1, 0.15) is 11.6 Å². The predicted octanol–water partition coefficient (Wildman–Crippen LogP) is 4.62. The smallest absolute Gasteiger partial charge is 0.126 e. The number of rotatable bonds is 4. The molecule has 2 aromatic heterocycles. The Kier molecular flexibility index (Phi) is 6.23. The topological polar surface area (TPSA) is 82.9 Å². The molecule has 9 heteroatoms. The maximum Gasteiger partial charge on any atom is 0.126 e. The van der Waals surface area contributed by atoms with Gasteiger partial charge in [-0.1, -0.05) is 17.3 Å². The maximum atomic E-state index is 14.3. The second-order valence-electron chi connectivity index (χ2n) is 9.30. The van der Waals surface area contributed by atoms with Crippen LogP contribution in [0.2, 0.25) is 0 Å². The Labute approximate surface area is 212 Å². The van der Waals surface area contributed by atoms with Crippen LogP contribution in [-0.2, 0) is 4.74 Å². The summed E-state index contributed by atoms with van der Waals surface area (Å²) in [6.07, 6.45) is 5.50. The van der Waals surface area contributed by atoms with Crippen LogP contribution in [0.15, 0.2) is 66.1 Å². The fraction of sp³-hybridized carbons (Fsp3) is 0.250. The highest BCUT2D eigenvalue weighted by Gasteiger charge is 2.33. The molecule has 188 valence electrons. The van der Waals surface area contributed by atoms with E-state index in [1.54, 1.807) is 12.4 Å². The van der Waals surface area contributed by atoms with Crippen LogP contribution in [-0.4, -0.2) is 59.8 Å². The lowest BCUT2D eigenvalue weighted by molar-refractivity contribution is -0.00896. The molecule has 0 saturated carbocycles. The molecule has 1 unspecified atom stereocenters. The Bertz CT molecular complexity index is 1470. The van der Waals surface area contributed by atoms with E-state index in [1.807, 2.05) is 30.3 Å². The van der Waals surface area contributed by atoms with Crippen LogP contribution in [0.1, 0.15) is 12.1 Å². The molecule has 2 saturated heterocycles. The summed E-state index contributed by atoms with van der Waals surface area (Å²) >= 11 is 0. The zero-order valence-electron chi connectivity index (χ0n) is 19.9. The zero-order chi connectivity index (χ0) is 25.4. The molecule has 4 heterocycles. The summed E-state index contributed by atoms with van der Waals surface area (Å²) in [5, 5.41) is 16.7. The van der Waals surface area contributed by atoms with Crippen molar-refractivity contribution in [3.05, 3.63) is 78.3 Å². The predicted molar refractivity (Wildman–Crippen MR) is 138 cm³/mol. The molecule has 0 amide bonds. The molecule has 6 rings (SSSR count). The summed E-state index contributed by atoms with van der Waals surface area (Å²) in [5.41, 5.74) is 4.83. The van der Waals surface area contributed by atoms with Gasteiger partial charge in [0.2, 0.25) is 0 Å². The van der Waals surface area contributed by atoms with Crippen LogP contribution in [0.4, 0.5) is 14.5 Å². The third-order valence-corrected chi connectivity index (χ3v) is 7.06. The fourth-order valence-corrected chi connectivity index (χ4v) is 5.40. The number of hydrogen-bond acceptors (Lipinski definition) is 7. The van der Waals surface area contributed by atoms with Gasteiger partial charge in [0, 0.05) is 60.6 Å². The number of halogens is 2. The van der Waals surface area contributed by atoms with Gasteiger partial charge in [0.25, 0.3) is 0 Å². The summed E-state index contributed by atoms with van der Waals surface area (Å²) in [5.74, 6) is -1.28. The van der Waals surface area contributed by atoms with Gasteiger partial charge in [-0.25, -0.2) is 8.78 Å². The Morgan fingerprint density at radius 3 is 2.76 bits per heavy atom. The third-order valence-electron chi connectivity index (χ3n) is 7.06. The quantitative estimate of drug-likeness (QED) is 0.241. The van der Waals surface area contributed by atoms with Crippen LogP contribution >= 0.6 is 0 Å². The van der Waals surface area contributed by atoms with Crippen molar-refractivity contribution in [1.29, 1.82) is 0 Å². The first kappa shape index (κ1) is 23.4. The lowest BCUT2D eigenvalue weighted by atomic mass is 9.94. The summed E-state index contributed by atoms with van der Waals surface area (Å²) < 4.78 is 34.6. The van der Waals surface area contributed by atoms with E-state index in [1.165, 1.54) is 18.3 Å². The van der Waals surface area contributed by atoms with Gasteiger partial charge < -0.3 is 20.2 Å². The molecule has 2 fully saturated rings. The number of piperidine rings is 1. The van der Waals surface area contributed by atoms with E-state index in [2.05, 4.69) is 25.3 Å². The Hall–Kier alpha value is -3.95. The molecule has 0 radical (unpaired) electrons. The highest BCUT2D eigenvalue weighted by molar-refractivity contribution is 6.02. The molecule has 2 atom stereocenters. The first-order chi connectivity index (χ1) is 18.1. The Morgan fingerprint density at radius 2 is 1.92 bits per heavy atom. The second kappa shape index (κ2) is 9.84. The molecule has 0 bridgehead atoms. The van der Waals surface area contributed by atoms with Crippen molar-refractivity contribution in [3.63, 3.8) is 0 Å². The largest absolute Gasteiger partial charge is 0.411 e. The number of pyridine rings is 2. The number of anilines is 1. The van der Waals surface area contributed by atoms with E-state index < -0.39 is 11.6 Å². The monoisotopic (exact) mass is 501 g/mol. The van der Waals surface area contributed by atoms with E-state index in [0.29, 0.717) is 30.0 Å². The van der Waals surface area contributed by atoms with Gasteiger partial charge in [-0.05, 0) is 47.9 Å². The molecular formula is C28H25F2N5O2. The highest BCUT2D eigenvalue weighted by atomic mass is 19.1. The van der Waals surface area contributed by atoms with Crippen LogP contribution in [0.5, 0.6) is 0 Å². The van der Waals surface area contributed by atoms with Crippen LogP contribution in [0.3, 0.4) is 0 Å². The van der Waals surface area contributed by atoms with Crippen molar-refractivity contribution in [2.45, 2.75) is 18.6 Å². The number of aromatic nitrogens is 2. The Morgan fingerprint density at radius 1 is 1.05 bits per heavy atom. The molecule has 2 N–H and O–H groups in total. The molecule has 2 aromatic carbocycles. The summed E-state index contributed by atoms with van der Waals surface area (Å²) in [4.78, 5) is 11.2. The molecule has 2 aliphatic heterocycles. The van der Waals surface area contributed by atoms with E-state index >= 15 is 0 Å². The van der Waals surface area contributed by atoms with Gasteiger partial charge >= 0.3 is 0 Å². The van der Waals surface area contributed by atoms with Crippen molar-refractivity contribution < 1.29 is 18.7 Å². The number of ether oxygens (including phenoxy) is 1. The number of nitrogens with one attached hydrogen (secondary N) is 1. The minimum absolute atomic E-state index is 0.0108. The lowest BCUT2D eigenvalue weighted by Gasteiger charge is -2.43. The number of fused-ring (bicyclic) bond motifs is 2. The molecule has 2 aliphatic rings. The minimum atomic E-state index is -0.642. The SMILES string of the molecule is ON=Cc1ncccc1-c1ccc2ncc(-c3cc(F)cc(F)c3)c(N3CCC4NCCO[C@@H]4C3)c2c1. The van der Waals surface area contributed by atoms with Gasteiger partial charge in [-0.15, -0.1) is 0 Å². The first-order valence-corrected chi connectivity index (χ1v) is 12.2.